The number of hydrogen-bond donors (Lipinski definition) is 0. The van der Waals surface area contributed by atoms with E-state index in [1.807, 2.05) is 6.92 Å². The van der Waals surface area contributed by atoms with Crippen LogP contribution in [0.4, 0.5) is 0 Å². The first-order chi connectivity index (χ1) is 4.31. The molecule has 0 radical (unpaired) electrons. The summed E-state index contributed by atoms with van der Waals surface area (Å²) in [6.07, 6.45) is 0.869. The van der Waals surface area contributed by atoms with Crippen molar-refractivity contribution in [2.24, 2.45) is 0 Å². The van der Waals surface area contributed by atoms with Gasteiger partial charge in [-0.15, -0.1) is 9.05 Å². The van der Waals surface area contributed by atoms with Crippen molar-refractivity contribution in [2.75, 3.05) is 13.2 Å². The Morgan fingerprint density at radius 2 is 2.00 bits per heavy atom. The van der Waals surface area contributed by atoms with E-state index in [2.05, 4.69) is 4.52 Å². The fraction of sp³-hybridized carbons (Fsp3) is 1.00. The average molecular weight is 151 g/mol. The number of hydrogen-bond acceptors (Lipinski definition) is 3. The first kappa shape index (κ1) is 9.02. The molecule has 0 heterocycles. The third kappa shape index (κ3) is 5.90. The fourth-order valence-electron chi connectivity index (χ4n) is 0.308. The van der Waals surface area contributed by atoms with Crippen LogP contribution in [0.5, 0.6) is 0 Å². The normalized spacial score (nSPS) is 11.6. The molecule has 0 aliphatic rings. The van der Waals surface area contributed by atoms with Crippen molar-refractivity contribution in [2.45, 2.75) is 20.3 Å². The Bertz CT molecular complexity index is 84.3. The second kappa shape index (κ2) is 6.14. The van der Waals surface area contributed by atoms with Crippen LogP contribution in [0.2, 0.25) is 0 Å². The lowest BCUT2D eigenvalue weighted by Crippen LogP contribution is -1.85. The molecule has 0 aliphatic carbocycles. The van der Waals surface area contributed by atoms with Crippen molar-refractivity contribution in [1.29, 1.82) is 0 Å². The Kier molecular flexibility index (Phi) is 6.16. The molecule has 0 aromatic rings. The van der Waals surface area contributed by atoms with Crippen molar-refractivity contribution in [3.8, 4) is 0 Å². The molecule has 4 heteroatoms. The lowest BCUT2D eigenvalue weighted by Gasteiger charge is -1.83. The van der Waals surface area contributed by atoms with Gasteiger partial charge in [0.1, 0.15) is 13.2 Å². The van der Waals surface area contributed by atoms with Crippen LogP contribution >= 0.6 is 8.25 Å². The topological polar surface area (TPSA) is 35.5 Å². The SMILES string of the molecule is CCCO[P+](=O)OCC. The van der Waals surface area contributed by atoms with E-state index in [4.69, 9.17) is 4.52 Å². The molecule has 1 unspecified atom stereocenters. The van der Waals surface area contributed by atoms with E-state index >= 15 is 0 Å². The van der Waals surface area contributed by atoms with Crippen LogP contribution in [-0.4, -0.2) is 13.2 Å². The molecule has 0 aromatic carbocycles. The van der Waals surface area contributed by atoms with E-state index < -0.39 is 8.25 Å². The fourth-order valence-corrected chi connectivity index (χ4v) is 0.925. The smallest absolute Gasteiger partial charge is 0.119 e. The van der Waals surface area contributed by atoms with Gasteiger partial charge < -0.3 is 0 Å². The zero-order valence-corrected chi connectivity index (χ0v) is 6.69. The highest BCUT2D eigenvalue weighted by atomic mass is 31.1. The van der Waals surface area contributed by atoms with E-state index in [9.17, 15) is 4.57 Å². The molecule has 0 fully saturated rings. The summed E-state index contributed by atoms with van der Waals surface area (Å²) >= 11 is 0. The van der Waals surface area contributed by atoms with Gasteiger partial charge in [-0.05, 0) is 13.3 Å². The van der Waals surface area contributed by atoms with Gasteiger partial charge in [0.15, 0.2) is 0 Å². The van der Waals surface area contributed by atoms with Crippen LogP contribution in [-0.2, 0) is 13.6 Å². The summed E-state index contributed by atoms with van der Waals surface area (Å²) in [5.41, 5.74) is 0. The Balaban J connectivity index is 3.06. The Morgan fingerprint density at radius 3 is 2.44 bits per heavy atom. The molecule has 0 aromatic heterocycles. The molecule has 0 bridgehead atoms. The highest BCUT2D eigenvalue weighted by molar-refractivity contribution is 7.33. The quantitative estimate of drug-likeness (QED) is 0.564. The molecule has 0 rings (SSSR count). The van der Waals surface area contributed by atoms with Crippen molar-refractivity contribution in [3.05, 3.63) is 0 Å². The molecule has 0 amide bonds. The van der Waals surface area contributed by atoms with Crippen LogP contribution in [0, 0.1) is 0 Å². The summed E-state index contributed by atoms with van der Waals surface area (Å²) in [5.74, 6) is 0. The maximum absolute atomic E-state index is 10.5. The zero-order chi connectivity index (χ0) is 7.11. The minimum Gasteiger partial charge on any atom is -0.119 e. The lowest BCUT2D eigenvalue weighted by molar-refractivity contribution is 0.234. The Hall–Kier alpha value is 0.0200. The summed E-state index contributed by atoms with van der Waals surface area (Å²) in [7, 11) is -1.84. The molecule has 9 heavy (non-hydrogen) atoms. The lowest BCUT2D eigenvalue weighted by atomic mass is 10.5. The molecule has 0 saturated heterocycles. The summed E-state index contributed by atoms with van der Waals surface area (Å²) in [4.78, 5) is 0. The van der Waals surface area contributed by atoms with Crippen molar-refractivity contribution < 1.29 is 13.6 Å². The van der Waals surface area contributed by atoms with Gasteiger partial charge in [-0.2, -0.15) is 0 Å². The molecule has 0 saturated carbocycles. The van der Waals surface area contributed by atoms with Gasteiger partial charge in [0.2, 0.25) is 0 Å². The highest BCUT2D eigenvalue weighted by Crippen LogP contribution is 2.22. The van der Waals surface area contributed by atoms with Gasteiger partial charge >= 0.3 is 8.25 Å². The van der Waals surface area contributed by atoms with Gasteiger partial charge in [-0.1, -0.05) is 6.92 Å². The Morgan fingerprint density at radius 1 is 1.33 bits per heavy atom. The van der Waals surface area contributed by atoms with Gasteiger partial charge in [-0.25, -0.2) is 0 Å². The largest absolute Gasteiger partial charge is 0.697 e. The molecular formula is C5H12O3P+. The van der Waals surface area contributed by atoms with E-state index in [1.165, 1.54) is 0 Å². The summed E-state index contributed by atoms with van der Waals surface area (Å²) in [6.45, 7) is 4.69. The van der Waals surface area contributed by atoms with E-state index in [1.54, 1.807) is 6.92 Å². The molecule has 0 aliphatic heterocycles. The highest BCUT2D eigenvalue weighted by Gasteiger charge is 2.16. The molecule has 0 N–H and O–H groups in total. The number of rotatable bonds is 5. The van der Waals surface area contributed by atoms with Crippen molar-refractivity contribution in [1.82, 2.24) is 0 Å². The Labute approximate surface area is 56.3 Å². The standard InChI is InChI=1S/C5H12O3P/c1-3-5-8-9(6)7-4-2/h3-5H2,1-2H3/q+1. The third-order valence-electron chi connectivity index (χ3n) is 0.635. The maximum atomic E-state index is 10.5. The van der Waals surface area contributed by atoms with E-state index in [-0.39, 0.29) is 0 Å². The second-order valence-electron chi connectivity index (χ2n) is 1.47. The van der Waals surface area contributed by atoms with Crippen molar-refractivity contribution >= 4 is 8.25 Å². The molecular weight excluding hydrogens is 139 g/mol. The summed E-state index contributed by atoms with van der Waals surface area (Å²) < 4.78 is 19.9. The van der Waals surface area contributed by atoms with E-state index in [0.717, 1.165) is 6.42 Å². The summed E-state index contributed by atoms with van der Waals surface area (Å²) in [6, 6.07) is 0. The minimum absolute atomic E-state index is 0.443. The molecule has 3 nitrogen and oxygen atoms in total. The predicted molar refractivity (Wildman–Crippen MR) is 35.5 cm³/mol. The molecule has 0 spiro atoms. The van der Waals surface area contributed by atoms with Gasteiger partial charge in [0.25, 0.3) is 0 Å². The first-order valence-corrected chi connectivity index (χ1v) is 4.13. The van der Waals surface area contributed by atoms with Crippen LogP contribution in [0.3, 0.4) is 0 Å². The molecule has 54 valence electrons. The predicted octanol–water partition coefficient (Wildman–Crippen LogP) is 2.11. The average Bonchev–Trinajstić information content (AvgIpc) is 1.85. The monoisotopic (exact) mass is 151 g/mol. The van der Waals surface area contributed by atoms with Crippen molar-refractivity contribution in [3.63, 3.8) is 0 Å². The van der Waals surface area contributed by atoms with Gasteiger partial charge in [0.05, 0.1) is 0 Å². The van der Waals surface area contributed by atoms with Crippen LogP contribution in [0.15, 0.2) is 0 Å². The van der Waals surface area contributed by atoms with E-state index in [0.29, 0.717) is 13.2 Å². The van der Waals surface area contributed by atoms with Gasteiger partial charge in [0, 0.05) is 4.57 Å². The van der Waals surface area contributed by atoms with Crippen LogP contribution in [0.25, 0.3) is 0 Å². The zero-order valence-electron chi connectivity index (χ0n) is 5.79. The molecule has 1 atom stereocenters. The maximum Gasteiger partial charge on any atom is 0.697 e. The first-order valence-electron chi connectivity index (χ1n) is 3.04. The van der Waals surface area contributed by atoms with Gasteiger partial charge in [-0.3, -0.25) is 0 Å². The van der Waals surface area contributed by atoms with Crippen LogP contribution in [0.1, 0.15) is 20.3 Å². The van der Waals surface area contributed by atoms with Crippen LogP contribution < -0.4 is 0 Å². The summed E-state index contributed by atoms with van der Waals surface area (Å²) in [5, 5.41) is 0. The second-order valence-corrected chi connectivity index (χ2v) is 2.44. The minimum atomic E-state index is -1.84. The third-order valence-corrected chi connectivity index (χ3v) is 1.50.